The third-order valence-corrected chi connectivity index (χ3v) is 18.9. The van der Waals surface area contributed by atoms with Gasteiger partial charge in [-0.2, -0.15) is 0 Å². The van der Waals surface area contributed by atoms with Gasteiger partial charge in [0.25, 0.3) is 0 Å². The van der Waals surface area contributed by atoms with Gasteiger partial charge in [0, 0.05) is 49.9 Å². The van der Waals surface area contributed by atoms with E-state index in [1.807, 2.05) is 6.20 Å². The Morgan fingerprint density at radius 2 is 1.33 bits per heavy atom. The summed E-state index contributed by atoms with van der Waals surface area (Å²) in [5.74, 6) is 1.63. The molecule has 6 heteroatoms. The molecule has 4 aromatic rings. The number of aliphatic hydroxyl groups is 1. The molecule has 1 aliphatic heterocycles. The van der Waals surface area contributed by atoms with E-state index >= 15 is 0 Å². The quantitative estimate of drug-likeness (QED) is 0.0829. The summed E-state index contributed by atoms with van der Waals surface area (Å²) >= 11 is 0. The van der Waals surface area contributed by atoms with Crippen LogP contribution in [0, 0.1) is 41.6 Å². The van der Waals surface area contributed by atoms with Gasteiger partial charge in [-0.25, -0.2) is 0 Å². The molecule has 285 valence electrons. The maximum Gasteiger partial charge on any atom is 0.162 e. The molecule has 2 heterocycles. The van der Waals surface area contributed by atoms with Gasteiger partial charge in [0.1, 0.15) is 0 Å². The fourth-order valence-corrected chi connectivity index (χ4v) is 19.5. The van der Waals surface area contributed by atoms with Crippen molar-refractivity contribution in [1.82, 2.24) is 4.98 Å². The van der Waals surface area contributed by atoms with Crippen molar-refractivity contribution in [3.8, 4) is 11.3 Å². The second-order valence-corrected chi connectivity index (χ2v) is 28.5. The minimum Gasteiger partial charge on any atom is -0.512 e. The number of rotatable bonds is 8. The molecule has 1 radical (unpaired) electrons. The average molecular weight is 913 g/mol. The molecule has 0 bridgehead atoms. The summed E-state index contributed by atoms with van der Waals surface area (Å²) in [5.41, 5.74) is 3.61. The molecule has 0 saturated heterocycles. The van der Waals surface area contributed by atoms with Gasteiger partial charge in [-0.15, -0.1) is 29.1 Å². The van der Waals surface area contributed by atoms with Crippen molar-refractivity contribution in [3.05, 3.63) is 78.2 Å². The molecular weight excluding hydrogens is 847 g/mol. The van der Waals surface area contributed by atoms with E-state index in [9.17, 15) is 9.90 Å². The third kappa shape index (κ3) is 9.46. The van der Waals surface area contributed by atoms with Crippen LogP contribution in [0.25, 0.3) is 32.8 Å². The zero-order valence-electron chi connectivity index (χ0n) is 34.8. The van der Waals surface area contributed by atoms with E-state index in [1.54, 1.807) is 10.4 Å². The molecule has 1 aromatic heterocycles. The van der Waals surface area contributed by atoms with Crippen LogP contribution < -0.4 is 10.4 Å². The number of carbonyl (C=O) groups excluding carboxylic acids is 1. The third-order valence-electron chi connectivity index (χ3n) is 11.4. The van der Waals surface area contributed by atoms with E-state index in [-0.39, 0.29) is 48.9 Å². The van der Waals surface area contributed by atoms with Crippen LogP contribution in [-0.2, 0) is 30.3 Å². The van der Waals surface area contributed by atoms with Crippen LogP contribution in [-0.4, -0.2) is 32.0 Å². The summed E-state index contributed by atoms with van der Waals surface area (Å²) in [7, 11) is -2.85. The molecule has 0 fully saturated rings. The monoisotopic (exact) mass is 913 g/mol. The van der Waals surface area contributed by atoms with Crippen LogP contribution in [0.15, 0.2) is 66.6 Å². The predicted molar refractivity (Wildman–Crippen MR) is 228 cm³/mol. The fourth-order valence-electron chi connectivity index (χ4n) is 8.84. The summed E-state index contributed by atoms with van der Waals surface area (Å²) in [5, 5.41) is 18.9. The Morgan fingerprint density at radius 1 is 0.769 bits per heavy atom. The topological polar surface area (TPSA) is 50.2 Å². The van der Waals surface area contributed by atoms with E-state index in [4.69, 9.17) is 4.98 Å². The normalized spacial score (nSPS) is 15.8. The molecule has 52 heavy (non-hydrogen) atoms. The number of aromatic nitrogens is 1. The number of nitrogens with zero attached hydrogens (tertiary/aromatic N) is 1. The number of hydrogen-bond donors (Lipinski definition) is 1. The van der Waals surface area contributed by atoms with Crippen molar-refractivity contribution in [2.45, 2.75) is 120 Å². The van der Waals surface area contributed by atoms with Crippen LogP contribution in [0.4, 0.5) is 0 Å². The smallest absolute Gasteiger partial charge is 0.162 e. The maximum absolute atomic E-state index is 12.3. The van der Waals surface area contributed by atoms with Crippen molar-refractivity contribution in [2.24, 2.45) is 35.5 Å². The molecule has 5 rings (SSSR count). The Bertz CT molecular complexity index is 1880. The van der Waals surface area contributed by atoms with E-state index in [0.717, 1.165) is 11.3 Å². The van der Waals surface area contributed by atoms with E-state index in [0.29, 0.717) is 23.7 Å². The van der Waals surface area contributed by atoms with E-state index in [1.165, 1.54) is 45.3 Å². The maximum atomic E-state index is 12.3. The number of allylic oxidation sites excluding steroid dienone is 2. The van der Waals surface area contributed by atoms with Crippen LogP contribution in [0.3, 0.4) is 0 Å². The number of ketones is 1. The van der Waals surface area contributed by atoms with Crippen molar-refractivity contribution >= 4 is 53.8 Å². The number of hydrogen-bond acceptors (Lipinski definition) is 3. The van der Waals surface area contributed by atoms with Gasteiger partial charge in [0.2, 0.25) is 0 Å². The van der Waals surface area contributed by atoms with Gasteiger partial charge in [-0.05, 0) is 45.9 Å². The molecular formula is C46H66IrNO2Si2-. The number of fused-ring (bicyclic) bond motifs is 4. The number of benzene rings is 3. The molecule has 1 aliphatic rings. The Morgan fingerprint density at radius 3 is 1.88 bits per heavy atom. The minimum absolute atomic E-state index is 0. The van der Waals surface area contributed by atoms with Crippen molar-refractivity contribution in [1.29, 1.82) is 0 Å². The largest absolute Gasteiger partial charge is 0.512 e. The molecule has 0 amide bonds. The van der Waals surface area contributed by atoms with Crippen LogP contribution in [0.1, 0.15) is 81.7 Å². The summed E-state index contributed by atoms with van der Waals surface area (Å²) in [6, 6.07) is 24.7. The summed E-state index contributed by atoms with van der Waals surface area (Å²) < 4.78 is 0. The Balaban J connectivity index is 0.000000317. The number of aliphatic hydroxyl groups excluding tert-OH is 1. The predicted octanol–water partition coefficient (Wildman–Crippen LogP) is 11.8. The molecule has 0 atom stereocenters. The molecule has 0 aliphatic carbocycles. The van der Waals surface area contributed by atoms with Gasteiger partial charge < -0.3 is 5.11 Å². The fraction of sp³-hybridized carbons (Fsp3) is 0.522. The number of carbonyl (C=O) groups is 1. The first kappa shape index (κ1) is 44.0. The zero-order chi connectivity index (χ0) is 38.2. The molecule has 1 N–H and O–H groups in total. The second-order valence-electron chi connectivity index (χ2n) is 18.9. The average Bonchev–Trinajstić information content (AvgIpc) is 3.01. The van der Waals surface area contributed by atoms with Crippen LogP contribution in [0.5, 0.6) is 0 Å². The standard InChI is InChI=1S/C29H34NSi2.C17H32O2.Ir/c1-29(2,3)25-19-21(18-20-10-8-9-11-22(20)25)27-23-12-13-26-28(24(23)14-15-30-27)32(6,7)17-16-31(26,4)5;1-10(2)16(11(3)4)14(18)9-15(19)17(12(5)6)13(7)8;/h8-15,19H,16-17H2,1-7H3;9-13,16-18H,1-8H3;/q-1;;/b;14-9-;. The SMILES string of the molecule is CC(C)(C)c1cc(-c2nccc3c4c(ccc23)[Si](C)(C)CC[Si]4(C)C)[c-]c2ccccc12.CC(C)C(C(=O)/C=C(\O)C(C(C)C)C(C)C)C(C)C.[Ir]. The Hall–Kier alpha value is -2.38. The van der Waals surface area contributed by atoms with Crippen molar-refractivity contribution in [2.75, 3.05) is 0 Å². The first-order valence-electron chi connectivity index (χ1n) is 19.4. The van der Waals surface area contributed by atoms with Crippen LogP contribution >= 0.6 is 0 Å². The van der Waals surface area contributed by atoms with Gasteiger partial charge in [0.05, 0.1) is 21.9 Å². The number of pyridine rings is 1. The second kappa shape index (κ2) is 17.0. The molecule has 0 saturated carbocycles. The van der Waals surface area contributed by atoms with E-state index in [2.05, 4.69) is 157 Å². The molecule has 0 spiro atoms. The van der Waals surface area contributed by atoms with Gasteiger partial charge in [-0.1, -0.05) is 166 Å². The summed E-state index contributed by atoms with van der Waals surface area (Å²) in [6.45, 7) is 33.7. The van der Waals surface area contributed by atoms with Crippen LogP contribution in [0.2, 0.25) is 38.3 Å². The Labute approximate surface area is 331 Å². The van der Waals surface area contributed by atoms with Gasteiger partial charge >= 0.3 is 0 Å². The summed E-state index contributed by atoms with van der Waals surface area (Å²) in [6.07, 6.45) is 3.51. The van der Waals surface area contributed by atoms with Gasteiger partial charge in [0.15, 0.2) is 5.78 Å². The van der Waals surface area contributed by atoms with Gasteiger partial charge in [-0.3, -0.25) is 9.78 Å². The van der Waals surface area contributed by atoms with Crippen molar-refractivity contribution < 1.29 is 30.0 Å². The Kier molecular flexibility index (Phi) is 14.4. The minimum atomic E-state index is -1.48. The molecule has 3 nitrogen and oxygen atoms in total. The zero-order valence-corrected chi connectivity index (χ0v) is 39.2. The van der Waals surface area contributed by atoms with Crippen molar-refractivity contribution in [3.63, 3.8) is 0 Å². The molecule has 0 unspecified atom stereocenters. The first-order chi connectivity index (χ1) is 23.6. The first-order valence-corrected chi connectivity index (χ1v) is 25.8. The molecule has 3 aromatic carbocycles. The van der Waals surface area contributed by atoms with E-state index < -0.39 is 16.1 Å². The summed E-state index contributed by atoms with van der Waals surface area (Å²) in [4.78, 5) is 17.3.